The lowest BCUT2D eigenvalue weighted by Gasteiger charge is -2.23. The molecular weight excluding hydrogens is 281 g/mol. The smallest absolute Gasteiger partial charge is 0.129 e. The lowest BCUT2D eigenvalue weighted by atomic mass is 9.95. The Balaban J connectivity index is 1.67. The molecule has 5 heteroatoms. The van der Waals surface area contributed by atoms with Crippen LogP contribution in [-0.2, 0) is 11.2 Å². The molecule has 124 valence electrons. The molecule has 0 saturated carbocycles. The molecule has 0 bridgehead atoms. The van der Waals surface area contributed by atoms with Crippen molar-refractivity contribution in [2.45, 2.75) is 44.6 Å². The molecule has 22 heavy (non-hydrogen) atoms. The van der Waals surface area contributed by atoms with Gasteiger partial charge in [0, 0.05) is 25.9 Å². The van der Waals surface area contributed by atoms with Gasteiger partial charge >= 0.3 is 0 Å². The predicted molar refractivity (Wildman–Crippen MR) is 88.3 cm³/mol. The van der Waals surface area contributed by atoms with Crippen LogP contribution in [0.4, 0.5) is 10.2 Å². The second-order valence-corrected chi connectivity index (χ2v) is 6.03. The van der Waals surface area contributed by atoms with Crippen molar-refractivity contribution in [3.05, 3.63) is 23.4 Å². The van der Waals surface area contributed by atoms with Crippen LogP contribution in [0.25, 0.3) is 0 Å². The molecule has 2 rings (SSSR count). The van der Waals surface area contributed by atoms with E-state index in [1.54, 1.807) is 7.11 Å². The van der Waals surface area contributed by atoms with Gasteiger partial charge in [0.15, 0.2) is 0 Å². The van der Waals surface area contributed by atoms with E-state index >= 15 is 0 Å². The van der Waals surface area contributed by atoms with Crippen LogP contribution in [0.2, 0.25) is 0 Å². The summed E-state index contributed by atoms with van der Waals surface area (Å²) in [6.07, 6.45) is 3.99. The molecule has 1 aromatic rings. The zero-order valence-electron chi connectivity index (χ0n) is 13.7. The monoisotopic (exact) mass is 309 g/mol. The minimum absolute atomic E-state index is 0.324. The van der Waals surface area contributed by atoms with E-state index in [9.17, 15) is 4.39 Å². The summed E-state index contributed by atoms with van der Waals surface area (Å²) in [4.78, 5) is 4.74. The quantitative estimate of drug-likeness (QED) is 0.689. The first-order chi connectivity index (χ1) is 10.7. The molecule has 0 amide bonds. The van der Waals surface area contributed by atoms with Crippen molar-refractivity contribution in [3.63, 3.8) is 0 Å². The summed E-state index contributed by atoms with van der Waals surface area (Å²) in [7, 11) is 1.54. The molecule has 0 fully saturated rings. The van der Waals surface area contributed by atoms with Crippen LogP contribution < -0.4 is 10.6 Å². The van der Waals surface area contributed by atoms with Crippen molar-refractivity contribution in [3.8, 4) is 0 Å². The third kappa shape index (κ3) is 4.92. The van der Waals surface area contributed by atoms with Gasteiger partial charge in [-0.2, -0.15) is 0 Å². The van der Waals surface area contributed by atoms with Crippen LogP contribution in [0.3, 0.4) is 0 Å². The third-order valence-corrected chi connectivity index (χ3v) is 4.30. The Morgan fingerprint density at radius 1 is 1.45 bits per heavy atom. The average Bonchev–Trinajstić information content (AvgIpc) is 2.54. The highest BCUT2D eigenvalue weighted by molar-refractivity contribution is 5.49. The van der Waals surface area contributed by atoms with Crippen molar-refractivity contribution in [1.29, 1.82) is 0 Å². The molecule has 1 aromatic heterocycles. The normalized spacial score (nSPS) is 18.6. The first kappa shape index (κ1) is 17.2. The number of fused-ring (bicyclic) bond motifs is 1. The fourth-order valence-corrected chi connectivity index (χ4v) is 2.77. The van der Waals surface area contributed by atoms with Gasteiger partial charge in [-0.1, -0.05) is 13.0 Å². The minimum atomic E-state index is -0.437. The number of ether oxygens (including phenoxy) is 1. The SMILES string of the molecule is CO[C@H](CF)CNCCCCc1ccc2c(n1)NCCC2C. The molecule has 2 atom stereocenters. The fourth-order valence-electron chi connectivity index (χ4n) is 2.77. The van der Waals surface area contributed by atoms with E-state index in [1.807, 2.05) is 0 Å². The molecule has 0 radical (unpaired) electrons. The van der Waals surface area contributed by atoms with E-state index in [4.69, 9.17) is 9.72 Å². The summed E-state index contributed by atoms with van der Waals surface area (Å²) < 4.78 is 17.4. The molecule has 2 N–H and O–H groups in total. The maximum Gasteiger partial charge on any atom is 0.129 e. The average molecular weight is 309 g/mol. The molecule has 0 aliphatic carbocycles. The van der Waals surface area contributed by atoms with E-state index in [2.05, 4.69) is 29.7 Å². The number of unbranched alkanes of at least 4 members (excludes halogenated alkanes) is 1. The van der Waals surface area contributed by atoms with E-state index in [0.29, 0.717) is 12.5 Å². The predicted octanol–water partition coefficient (Wildman–Crippen LogP) is 2.90. The van der Waals surface area contributed by atoms with Crippen molar-refractivity contribution in [2.24, 2.45) is 0 Å². The second kappa shape index (κ2) is 9.06. The Kier molecular flexibility index (Phi) is 7.06. The van der Waals surface area contributed by atoms with Gasteiger partial charge < -0.3 is 15.4 Å². The number of anilines is 1. The summed E-state index contributed by atoms with van der Waals surface area (Å²) in [5.41, 5.74) is 2.49. The second-order valence-electron chi connectivity index (χ2n) is 6.03. The van der Waals surface area contributed by atoms with Crippen molar-refractivity contribution >= 4 is 5.82 Å². The summed E-state index contributed by atoms with van der Waals surface area (Å²) in [6, 6.07) is 4.37. The Labute approximate surface area is 132 Å². The molecule has 1 aliphatic heterocycles. The largest absolute Gasteiger partial charge is 0.377 e. The molecule has 2 heterocycles. The van der Waals surface area contributed by atoms with Gasteiger partial charge in [0.2, 0.25) is 0 Å². The van der Waals surface area contributed by atoms with Gasteiger partial charge in [-0.05, 0) is 49.8 Å². The first-order valence-corrected chi connectivity index (χ1v) is 8.27. The molecule has 1 aliphatic rings. The number of nitrogens with zero attached hydrogens (tertiary/aromatic N) is 1. The van der Waals surface area contributed by atoms with Crippen molar-refractivity contribution in [2.75, 3.05) is 38.7 Å². The summed E-state index contributed by atoms with van der Waals surface area (Å²) in [5.74, 6) is 1.67. The fraction of sp³-hybridized carbons (Fsp3) is 0.706. The number of aryl methyl sites for hydroxylation is 1. The highest BCUT2D eigenvalue weighted by Crippen LogP contribution is 2.29. The maximum atomic E-state index is 12.4. The Morgan fingerprint density at radius 2 is 2.32 bits per heavy atom. The first-order valence-electron chi connectivity index (χ1n) is 8.27. The van der Waals surface area contributed by atoms with Gasteiger partial charge in [0.05, 0.1) is 6.10 Å². The summed E-state index contributed by atoms with van der Waals surface area (Å²) in [6.45, 7) is 4.31. The lowest BCUT2D eigenvalue weighted by molar-refractivity contribution is 0.0791. The number of hydrogen-bond donors (Lipinski definition) is 2. The number of alkyl halides is 1. The Morgan fingerprint density at radius 3 is 3.09 bits per heavy atom. The minimum Gasteiger partial charge on any atom is -0.377 e. The molecule has 0 saturated heterocycles. The lowest BCUT2D eigenvalue weighted by Crippen LogP contribution is -2.30. The molecule has 0 aromatic carbocycles. The molecule has 1 unspecified atom stereocenters. The van der Waals surface area contributed by atoms with Crippen LogP contribution in [-0.4, -0.2) is 44.5 Å². The number of rotatable bonds is 9. The highest BCUT2D eigenvalue weighted by Gasteiger charge is 2.17. The molecule has 4 nitrogen and oxygen atoms in total. The van der Waals surface area contributed by atoms with Gasteiger partial charge in [-0.25, -0.2) is 9.37 Å². The van der Waals surface area contributed by atoms with E-state index in [1.165, 1.54) is 12.0 Å². The number of methoxy groups -OCH3 is 1. The molecular formula is C17H28FN3O. The number of hydrogen-bond acceptors (Lipinski definition) is 4. The van der Waals surface area contributed by atoms with E-state index < -0.39 is 6.67 Å². The van der Waals surface area contributed by atoms with Gasteiger partial charge in [-0.15, -0.1) is 0 Å². The highest BCUT2D eigenvalue weighted by atomic mass is 19.1. The Hall–Kier alpha value is -1.20. The Bertz CT molecular complexity index is 452. The van der Waals surface area contributed by atoms with E-state index in [0.717, 1.165) is 43.9 Å². The van der Waals surface area contributed by atoms with Crippen molar-refractivity contribution in [1.82, 2.24) is 10.3 Å². The number of aromatic nitrogens is 1. The van der Waals surface area contributed by atoms with Crippen LogP contribution in [0.5, 0.6) is 0 Å². The van der Waals surface area contributed by atoms with Gasteiger partial charge in [0.25, 0.3) is 0 Å². The third-order valence-electron chi connectivity index (χ3n) is 4.30. The van der Waals surface area contributed by atoms with Gasteiger partial charge in [0.1, 0.15) is 12.5 Å². The van der Waals surface area contributed by atoms with Crippen LogP contribution in [0, 0.1) is 0 Å². The summed E-state index contributed by atoms with van der Waals surface area (Å²) in [5, 5.41) is 6.63. The topological polar surface area (TPSA) is 46.2 Å². The number of pyridine rings is 1. The van der Waals surface area contributed by atoms with Gasteiger partial charge in [-0.3, -0.25) is 0 Å². The zero-order chi connectivity index (χ0) is 15.8. The van der Waals surface area contributed by atoms with Crippen LogP contribution >= 0.6 is 0 Å². The number of halogens is 1. The van der Waals surface area contributed by atoms with Crippen molar-refractivity contribution < 1.29 is 9.13 Å². The van der Waals surface area contributed by atoms with Crippen LogP contribution in [0.1, 0.15) is 43.4 Å². The zero-order valence-corrected chi connectivity index (χ0v) is 13.7. The number of nitrogens with one attached hydrogen (secondary N) is 2. The standard InChI is InChI=1S/C17H28FN3O/c1-13-8-10-20-17-16(13)7-6-14(21-17)5-3-4-9-19-12-15(11-18)22-2/h6-7,13,15,19H,3-5,8-12H2,1-2H3,(H,20,21)/t13?,15-/m1/s1. The van der Waals surface area contributed by atoms with E-state index in [-0.39, 0.29) is 6.10 Å². The summed E-state index contributed by atoms with van der Waals surface area (Å²) >= 11 is 0. The van der Waals surface area contributed by atoms with Crippen LogP contribution in [0.15, 0.2) is 12.1 Å². The maximum absolute atomic E-state index is 12.4. The molecule has 0 spiro atoms.